The zero-order valence-electron chi connectivity index (χ0n) is 16.6. The minimum absolute atomic E-state index is 0.108. The molecule has 3 fully saturated rings. The first-order valence-corrected chi connectivity index (χ1v) is 10.8. The molecule has 0 radical (unpaired) electrons. The maximum absolute atomic E-state index is 12.9. The number of fused-ring (bicyclic) bond motifs is 2. The maximum atomic E-state index is 12.9. The van der Waals surface area contributed by atoms with Gasteiger partial charge in [-0.1, -0.05) is 12.1 Å². The van der Waals surface area contributed by atoms with Crippen LogP contribution in [0.25, 0.3) is 0 Å². The van der Waals surface area contributed by atoms with E-state index >= 15 is 0 Å². The van der Waals surface area contributed by atoms with Gasteiger partial charge < -0.3 is 15.5 Å². The van der Waals surface area contributed by atoms with Gasteiger partial charge in [0, 0.05) is 37.2 Å². The van der Waals surface area contributed by atoms with Crippen molar-refractivity contribution in [2.24, 2.45) is 5.92 Å². The molecule has 3 aliphatic heterocycles. The summed E-state index contributed by atoms with van der Waals surface area (Å²) in [5.74, 6) is 0.0679. The van der Waals surface area contributed by atoms with Gasteiger partial charge in [-0.2, -0.15) is 0 Å². The van der Waals surface area contributed by atoms with Crippen molar-refractivity contribution >= 4 is 17.7 Å². The molecule has 1 aliphatic carbocycles. The quantitative estimate of drug-likeness (QED) is 0.648. The van der Waals surface area contributed by atoms with E-state index in [2.05, 4.69) is 22.0 Å². The van der Waals surface area contributed by atoms with Gasteiger partial charge in [0.25, 0.3) is 5.91 Å². The molecule has 3 N–H and O–H groups in total. The molecule has 1 aromatic carbocycles. The Morgan fingerprint density at radius 2 is 2.07 bits per heavy atom. The first-order chi connectivity index (χ1) is 14.1. The van der Waals surface area contributed by atoms with Gasteiger partial charge >= 0.3 is 0 Å². The highest BCUT2D eigenvalue weighted by molar-refractivity contribution is 6.05. The third kappa shape index (κ3) is 3.26. The summed E-state index contributed by atoms with van der Waals surface area (Å²) in [6.45, 7) is 3.24. The van der Waals surface area contributed by atoms with Crippen LogP contribution in [0.15, 0.2) is 18.2 Å². The monoisotopic (exact) mass is 396 g/mol. The Kier molecular flexibility index (Phi) is 4.67. The first-order valence-electron chi connectivity index (χ1n) is 10.8. The molecule has 0 bridgehead atoms. The van der Waals surface area contributed by atoms with Crippen LogP contribution < -0.4 is 16.0 Å². The van der Waals surface area contributed by atoms with Crippen LogP contribution in [-0.4, -0.2) is 47.3 Å². The summed E-state index contributed by atoms with van der Waals surface area (Å²) in [4.78, 5) is 38.1. The van der Waals surface area contributed by atoms with E-state index < -0.39 is 6.04 Å². The number of hydrogen-bond acceptors (Lipinski definition) is 5. The second-order valence-corrected chi connectivity index (χ2v) is 8.96. The fraction of sp³-hybridized carbons (Fsp3) is 0.591. The molecule has 0 aromatic heterocycles. The lowest BCUT2D eigenvalue weighted by Crippen LogP contribution is -2.65. The molecule has 154 valence electrons. The van der Waals surface area contributed by atoms with E-state index in [1.165, 1.54) is 25.7 Å². The first kappa shape index (κ1) is 18.8. The van der Waals surface area contributed by atoms with Crippen LogP contribution in [-0.2, 0) is 22.7 Å². The number of imide groups is 1. The molecular weight excluding hydrogens is 368 g/mol. The normalized spacial score (nSPS) is 31.2. The van der Waals surface area contributed by atoms with Crippen LogP contribution in [0.3, 0.4) is 0 Å². The van der Waals surface area contributed by atoms with Crippen molar-refractivity contribution in [2.45, 2.75) is 63.2 Å². The fourth-order valence-corrected chi connectivity index (χ4v) is 5.47. The van der Waals surface area contributed by atoms with E-state index in [1.54, 1.807) is 4.90 Å². The van der Waals surface area contributed by atoms with E-state index in [0.29, 0.717) is 18.5 Å². The highest BCUT2D eigenvalue weighted by Gasteiger charge is 2.47. The van der Waals surface area contributed by atoms with Gasteiger partial charge in [-0.25, -0.2) is 0 Å². The predicted octanol–water partition coefficient (Wildman–Crippen LogP) is 1.07. The number of nitrogens with zero attached hydrogens (tertiary/aromatic N) is 1. The van der Waals surface area contributed by atoms with E-state index in [1.807, 2.05) is 12.1 Å². The Balaban J connectivity index is 1.22. The summed E-state index contributed by atoms with van der Waals surface area (Å²) in [5.41, 5.74) is 3.00. The second kappa shape index (κ2) is 7.22. The minimum atomic E-state index is -0.554. The van der Waals surface area contributed by atoms with Crippen LogP contribution in [0.4, 0.5) is 0 Å². The van der Waals surface area contributed by atoms with Gasteiger partial charge in [0.05, 0.1) is 0 Å². The Hall–Kier alpha value is -2.25. The number of amides is 3. The summed E-state index contributed by atoms with van der Waals surface area (Å²) in [6, 6.07) is 5.47. The SMILES string of the molecule is O=C1CCC(N2Cc3ccc(CNC[C@]45CC[C@H]4CCCN5)cc3C2=O)C(=O)N1. The van der Waals surface area contributed by atoms with Gasteiger partial charge in [0.1, 0.15) is 6.04 Å². The summed E-state index contributed by atoms with van der Waals surface area (Å²) in [6.07, 6.45) is 5.87. The Labute approximate surface area is 170 Å². The molecule has 3 atom stereocenters. The zero-order chi connectivity index (χ0) is 20.0. The van der Waals surface area contributed by atoms with Gasteiger partial charge in [-0.3, -0.25) is 19.7 Å². The lowest BCUT2D eigenvalue weighted by atomic mass is 9.63. The molecule has 1 unspecified atom stereocenters. The smallest absolute Gasteiger partial charge is 0.255 e. The lowest BCUT2D eigenvalue weighted by Gasteiger charge is -2.53. The Bertz CT molecular complexity index is 870. The van der Waals surface area contributed by atoms with E-state index in [-0.39, 0.29) is 29.7 Å². The molecule has 29 heavy (non-hydrogen) atoms. The Morgan fingerprint density at radius 1 is 1.17 bits per heavy atom. The number of carbonyl (C=O) groups excluding carboxylic acids is 3. The van der Waals surface area contributed by atoms with Crippen LogP contribution in [0.5, 0.6) is 0 Å². The van der Waals surface area contributed by atoms with Gasteiger partial charge in [0.15, 0.2) is 0 Å². The average Bonchev–Trinajstić information content (AvgIpc) is 3.01. The van der Waals surface area contributed by atoms with Crippen molar-refractivity contribution in [3.63, 3.8) is 0 Å². The van der Waals surface area contributed by atoms with Gasteiger partial charge in [-0.15, -0.1) is 0 Å². The third-order valence-corrected chi connectivity index (χ3v) is 7.29. The summed E-state index contributed by atoms with van der Waals surface area (Å²) in [5, 5.41) is 9.68. The van der Waals surface area contributed by atoms with Crippen LogP contribution >= 0.6 is 0 Å². The molecule has 7 nitrogen and oxygen atoms in total. The van der Waals surface area contributed by atoms with E-state index in [0.717, 1.165) is 36.7 Å². The molecule has 3 amide bonds. The topological polar surface area (TPSA) is 90.5 Å². The number of benzene rings is 1. The summed E-state index contributed by atoms with van der Waals surface area (Å²) in [7, 11) is 0. The lowest BCUT2D eigenvalue weighted by molar-refractivity contribution is -0.136. The summed E-state index contributed by atoms with van der Waals surface area (Å²) < 4.78 is 0. The molecule has 2 saturated heterocycles. The molecule has 1 saturated carbocycles. The largest absolute Gasteiger partial charge is 0.322 e. The molecule has 4 aliphatic rings. The molecule has 5 rings (SSSR count). The molecule has 7 heteroatoms. The van der Waals surface area contributed by atoms with Crippen molar-refractivity contribution < 1.29 is 14.4 Å². The molecular formula is C22H28N4O3. The third-order valence-electron chi connectivity index (χ3n) is 7.29. The Morgan fingerprint density at radius 3 is 2.83 bits per heavy atom. The van der Waals surface area contributed by atoms with Crippen LogP contribution in [0.1, 0.15) is 60.0 Å². The zero-order valence-corrected chi connectivity index (χ0v) is 16.6. The molecule has 1 aromatic rings. The number of piperidine rings is 2. The van der Waals surface area contributed by atoms with Crippen molar-refractivity contribution in [2.75, 3.05) is 13.1 Å². The maximum Gasteiger partial charge on any atom is 0.255 e. The van der Waals surface area contributed by atoms with E-state index in [9.17, 15) is 14.4 Å². The van der Waals surface area contributed by atoms with Crippen LogP contribution in [0.2, 0.25) is 0 Å². The average molecular weight is 396 g/mol. The standard InChI is InChI=1S/C22H28N4O3/c27-19-6-5-18(20(28)25-19)26-12-15-4-3-14(10-17(15)21(26)29)11-23-13-22-8-7-16(22)2-1-9-24-22/h3-4,10,16,18,23-24H,1-2,5-9,11-13H2,(H,25,27,28)/t16-,18?,22-/m1/s1. The highest BCUT2D eigenvalue weighted by Crippen LogP contribution is 2.43. The fourth-order valence-electron chi connectivity index (χ4n) is 5.47. The number of hydrogen-bond donors (Lipinski definition) is 3. The van der Waals surface area contributed by atoms with Crippen molar-refractivity contribution in [3.8, 4) is 0 Å². The van der Waals surface area contributed by atoms with E-state index in [4.69, 9.17) is 0 Å². The molecule has 0 spiro atoms. The predicted molar refractivity (Wildman–Crippen MR) is 107 cm³/mol. The van der Waals surface area contributed by atoms with Gasteiger partial charge in [-0.05, 0) is 61.8 Å². The van der Waals surface area contributed by atoms with Crippen molar-refractivity contribution in [3.05, 3.63) is 34.9 Å². The second-order valence-electron chi connectivity index (χ2n) is 8.96. The number of carbonyl (C=O) groups is 3. The highest BCUT2D eigenvalue weighted by atomic mass is 16.2. The molecule has 3 heterocycles. The van der Waals surface area contributed by atoms with Gasteiger partial charge in [0.2, 0.25) is 11.8 Å². The number of nitrogens with one attached hydrogen (secondary N) is 3. The minimum Gasteiger partial charge on any atom is -0.322 e. The van der Waals surface area contributed by atoms with Crippen molar-refractivity contribution in [1.29, 1.82) is 0 Å². The van der Waals surface area contributed by atoms with Crippen LogP contribution in [0, 0.1) is 5.92 Å². The summed E-state index contributed by atoms with van der Waals surface area (Å²) >= 11 is 0. The number of rotatable bonds is 5. The van der Waals surface area contributed by atoms with Crippen molar-refractivity contribution in [1.82, 2.24) is 20.9 Å².